The second-order valence-electron chi connectivity index (χ2n) is 3.61. The van der Waals surface area contributed by atoms with Crippen LogP contribution in [0.1, 0.15) is 16.7 Å². The third-order valence-electron chi connectivity index (χ3n) is 2.34. The summed E-state index contributed by atoms with van der Waals surface area (Å²) in [5.41, 5.74) is 3.82. The van der Waals surface area contributed by atoms with Crippen molar-refractivity contribution >= 4 is 15.9 Å². The summed E-state index contributed by atoms with van der Waals surface area (Å²) in [6.07, 6.45) is 0.843. The van der Waals surface area contributed by atoms with Crippen LogP contribution >= 0.6 is 15.9 Å². The smallest absolute Gasteiger partial charge is 0.0668 e. The first-order chi connectivity index (χ1) is 6.67. The molecule has 0 amide bonds. The average molecular weight is 252 g/mol. The van der Waals surface area contributed by atoms with Crippen LogP contribution < -0.4 is 0 Å². The molecular weight excluding hydrogens is 238 g/mol. The van der Waals surface area contributed by atoms with Gasteiger partial charge in [-0.3, -0.25) is 0 Å². The monoisotopic (exact) mass is 251 g/mol. The number of hydrogen-bond acceptors (Lipinski definition) is 1. The standard InChI is InChI=1S/C12H14BrN/c1-9-3-4-10(2)12(5-9)6-11(7-13)8-14/h3-5,11H,6-7H2,1-2H3. The number of hydrogen-bond donors (Lipinski definition) is 0. The number of nitriles is 1. The minimum Gasteiger partial charge on any atom is -0.198 e. The fourth-order valence-electron chi connectivity index (χ4n) is 1.42. The van der Waals surface area contributed by atoms with Crippen molar-refractivity contribution in [1.82, 2.24) is 0 Å². The van der Waals surface area contributed by atoms with Crippen LogP contribution in [0.2, 0.25) is 0 Å². The van der Waals surface area contributed by atoms with Gasteiger partial charge in [0.1, 0.15) is 0 Å². The maximum atomic E-state index is 8.87. The van der Waals surface area contributed by atoms with E-state index in [2.05, 4.69) is 54.0 Å². The molecule has 1 aromatic carbocycles. The first kappa shape index (κ1) is 11.3. The van der Waals surface area contributed by atoms with E-state index in [1.165, 1.54) is 16.7 Å². The molecule has 1 atom stereocenters. The van der Waals surface area contributed by atoms with E-state index in [9.17, 15) is 0 Å². The second-order valence-corrected chi connectivity index (χ2v) is 4.26. The minimum absolute atomic E-state index is 0.0792. The zero-order valence-corrected chi connectivity index (χ0v) is 10.1. The van der Waals surface area contributed by atoms with Gasteiger partial charge in [-0.15, -0.1) is 0 Å². The van der Waals surface area contributed by atoms with Crippen LogP contribution in [-0.2, 0) is 6.42 Å². The zero-order chi connectivity index (χ0) is 10.6. The fourth-order valence-corrected chi connectivity index (χ4v) is 1.79. The van der Waals surface area contributed by atoms with Gasteiger partial charge in [0.2, 0.25) is 0 Å². The van der Waals surface area contributed by atoms with Crippen molar-refractivity contribution in [2.75, 3.05) is 5.33 Å². The van der Waals surface area contributed by atoms with Gasteiger partial charge < -0.3 is 0 Å². The molecule has 0 N–H and O–H groups in total. The molecule has 0 saturated carbocycles. The summed E-state index contributed by atoms with van der Waals surface area (Å²) in [6.45, 7) is 4.18. The number of nitrogens with zero attached hydrogens (tertiary/aromatic N) is 1. The summed E-state index contributed by atoms with van der Waals surface area (Å²) in [5.74, 6) is 0.0792. The fraction of sp³-hybridized carbons (Fsp3) is 0.417. The van der Waals surface area contributed by atoms with Crippen molar-refractivity contribution in [3.8, 4) is 6.07 Å². The van der Waals surface area contributed by atoms with E-state index < -0.39 is 0 Å². The molecule has 0 bridgehead atoms. The van der Waals surface area contributed by atoms with Crippen LogP contribution in [0.4, 0.5) is 0 Å². The molecule has 0 aliphatic carbocycles. The number of aryl methyl sites for hydroxylation is 2. The Balaban J connectivity index is 2.86. The van der Waals surface area contributed by atoms with E-state index in [1.807, 2.05) is 0 Å². The van der Waals surface area contributed by atoms with Gasteiger partial charge in [0.15, 0.2) is 0 Å². The van der Waals surface area contributed by atoms with E-state index in [-0.39, 0.29) is 5.92 Å². The first-order valence-corrected chi connectivity index (χ1v) is 5.81. The highest BCUT2D eigenvalue weighted by Gasteiger charge is 2.08. The van der Waals surface area contributed by atoms with Crippen molar-refractivity contribution in [2.45, 2.75) is 20.3 Å². The van der Waals surface area contributed by atoms with Gasteiger partial charge in [-0.05, 0) is 31.4 Å². The third kappa shape index (κ3) is 2.85. The predicted molar refractivity (Wildman–Crippen MR) is 62.5 cm³/mol. The highest BCUT2D eigenvalue weighted by molar-refractivity contribution is 9.09. The molecule has 14 heavy (non-hydrogen) atoms. The normalized spacial score (nSPS) is 12.1. The van der Waals surface area contributed by atoms with Crippen LogP contribution in [0.5, 0.6) is 0 Å². The number of benzene rings is 1. The highest BCUT2D eigenvalue weighted by Crippen LogP contribution is 2.16. The van der Waals surface area contributed by atoms with Gasteiger partial charge in [-0.2, -0.15) is 5.26 Å². The molecule has 74 valence electrons. The Labute approximate surface area is 93.9 Å². The summed E-state index contributed by atoms with van der Waals surface area (Å²) < 4.78 is 0. The number of halogens is 1. The summed E-state index contributed by atoms with van der Waals surface area (Å²) in [6, 6.07) is 8.69. The maximum Gasteiger partial charge on any atom is 0.0668 e. The van der Waals surface area contributed by atoms with Crippen LogP contribution in [0.3, 0.4) is 0 Å². The molecule has 0 saturated heterocycles. The molecule has 2 heteroatoms. The minimum atomic E-state index is 0.0792. The Morgan fingerprint density at radius 3 is 2.71 bits per heavy atom. The first-order valence-electron chi connectivity index (χ1n) is 4.69. The Morgan fingerprint density at radius 1 is 1.43 bits per heavy atom. The highest BCUT2D eigenvalue weighted by atomic mass is 79.9. The molecule has 1 aromatic rings. The van der Waals surface area contributed by atoms with Crippen molar-refractivity contribution in [3.05, 3.63) is 34.9 Å². The van der Waals surface area contributed by atoms with Crippen LogP contribution in [0, 0.1) is 31.1 Å². The van der Waals surface area contributed by atoms with Crippen molar-refractivity contribution < 1.29 is 0 Å². The molecule has 0 spiro atoms. The molecule has 1 rings (SSSR count). The molecule has 1 nitrogen and oxygen atoms in total. The molecule has 1 unspecified atom stereocenters. The largest absolute Gasteiger partial charge is 0.198 e. The van der Waals surface area contributed by atoms with Crippen molar-refractivity contribution in [1.29, 1.82) is 5.26 Å². The van der Waals surface area contributed by atoms with Crippen LogP contribution in [0.15, 0.2) is 18.2 Å². The van der Waals surface area contributed by atoms with Gasteiger partial charge in [-0.25, -0.2) is 0 Å². The molecule has 0 aliphatic rings. The second kappa shape index (κ2) is 5.17. The van der Waals surface area contributed by atoms with E-state index in [4.69, 9.17) is 5.26 Å². The maximum absolute atomic E-state index is 8.87. The Kier molecular flexibility index (Phi) is 4.16. The lowest BCUT2D eigenvalue weighted by Crippen LogP contribution is -2.04. The summed E-state index contributed by atoms with van der Waals surface area (Å²) in [5, 5.41) is 9.61. The summed E-state index contributed by atoms with van der Waals surface area (Å²) >= 11 is 3.35. The van der Waals surface area contributed by atoms with Gasteiger partial charge in [0.25, 0.3) is 0 Å². The molecule has 0 aromatic heterocycles. The van der Waals surface area contributed by atoms with Gasteiger partial charge >= 0.3 is 0 Å². The lowest BCUT2D eigenvalue weighted by molar-refractivity contribution is 0.751. The van der Waals surface area contributed by atoms with Crippen molar-refractivity contribution in [3.63, 3.8) is 0 Å². The van der Waals surface area contributed by atoms with E-state index >= 15 is 0 Å². The van der Waals surface area contributed by atoms with Gasteiger partial charge in [-0.1, -0.05) is 39.7 Å². The predicted octanol–water partition coefficient (Wildman–Crippen LogP) is 3.38. The van der Waals surface area contributed by atoms with Gasteiger partial charge in [0, 0.05) is 5.33 Å². The van der Waals surface area contributed by atoms with E-state index in [1.54, 1.807) is 0 Å². The van der Waals surface area contributed by atoms with Crippen LogP contribution in [0.25, 0.3) is 0 Å². The Morgan fingerprint density at radius 2 is 2.14 bits per heavy atom. The molecule has 0 radical (unpaired) electrons. The molecule has 0 aliphatic heterocycles. The SMILES string of the molecule is Cc1ccc(C)c(CC(C#N)CBr)c1. The molecule has 0 fully saturated rings. The molecule has 0 heterocycles. The lowest BCUT2D eigenvalue weighted by Gasteiger charge is -2.09. The third-order valence-corrected chi connectivity index (χ3v) is 3.12. The quantitative estimate of drug-likeness (QED) is 0.756. The zero-order valence-electron chi connectivity index (χ0n) is 8.55. The topological polar surface area (TPSA) is 23.8 Å². The lowest BCUT2D eigenvalue weighted by atomic mass is 9.97. The van der Waals surface area contributed by atoms with E-state index in [0.29, 0.717) is 0 Å². The number of rotatable bonds is 3. The Bertz CT molecular complexity index is 352. The summed E-state index contributed by atoms with van der Waals surface area (Å²) in [4.78, 5) is 0. The van der Waals surface area contributed by atoms with Gasteiger partial charge in [0.05, 0.1) is 12.0 Å². The number of alkyl halides is 1. The summed E-state index contributed by atoms with van der Waals surface area (Å²) in [7, 11) is 0. The van der Waals surface area contributed by atoms with Crippen LogP contribution in [-0.4, -0.2) is 5.33 Å². The van der Waals surface area contributed by atoms with Crippen molar-refractivity contribution in [2.24, 2.45) is 5.92 Å². The Hall–Kier alpha value is -0.810. The molecular formula is C12H14BrN. The average Bonchev–Trinajstić information content (AvgIpc) is 2.19. The van der Waals surface area contributed by atoms with E-state index in [0.717, 1.165) is 11.8 Å².